The van der Waals surface area contributed by atoms with Crippen LogP contribution in [0.25, 0.3) is 0 Å². The topological polar surface area (TPSA) is 0 Å². The number of hydrogen-bond donors (Lipinski definition) is 0. The van der Waals surface area contributed by atoms with Gasteiger partial charge in [0.1, 0.15) is 5.82 Å². The van der Waals surface area contributed by atoms with Crippen LogP contribution in [0.5, 0.6) is 0 Å². The Balaban J connectivity index is 2.46. The van der Waals surface area contributed by atoms with Gasteiger partial charge in [-0.15, -0.1) is 11.6 Å². The second-order valence-electron chi connectivity index (χ2n) is 3.71. The Labute approximate surface area is 128 Å². The summed E-state index contributed by atoms with van der Waals surface area (Å²) < 4.78 is 14.4. The molecule has 2 rings (SSSR count). The van der Waals surface area contributed by atoms with E-state index in [0.29, 0.717) is 20.1 Å². The first-order valence-corrected chi connectivity index (χ1v) is 7.01. The third-order valence-electron chi connectivity index (χ3n) is 2.45. The Kier molecular flexibility index (Phi) is 4.54. The minimum atomic E-state index is -0.630. The molecule has 0 fully saturated rings. The predicted octanol–water partition coefficient (Wildman–Crippen LogP) is 6.22. The third kappa shape index (κ3) is 3.00. The van der Waals surface area contributed by atoms with Crippen LogP contribution in [-0.4, -0.2) is 0 Å². The first kappa shape index (κ1) is 14.1. The van der Waals surface area contributed by atoms with Crippen molar-refractivity contribution < 1.29 is 4.39 Å². The molecule has 0 aliphatic rings. The van der Waals surface area contributed by atoms with E-state index in [-0.39, 0.29) is 0 Å². The van der Waals surface area contributed by atoms with Crippen molar-refractivity contribution in [2.75, 3.05) is 0 Å². The van der Waals surface area contributed by atoms with Gasteiger partial charge in [-0.3, -0.25) is 0 Å². The smallest absolute Gasteiger partial charge is 0.129 e. The molecule has 18 heavy (non-hydrogen) atoms. The highest BCUT2D eigenvalue weighted by molar-refractivity contribution is 9.10. The maximum Gasteiger partial charge on any atom is 0.129 e. The van der Waals surface area contributed by atoms with Crippen LogP contribution < -0.4 is 0 Å². The van der Waals surface area contributed by atoms with E-state index in [1.807, 2.05) is 0 Å². The van der Waals surface area contributed by atoms with Crippen LogP contribution in [-0.2, 0) is 0 Å². The zero-order valence-electron chi connectivity index (χ0n) is 8.93. The van der Waals surface area contributed by atoms with E-state index in [1.54, 1.807) is 24.3 Å². The standard InChI is InChI=1S/C13H7BrCl3F/c14-10-6-12(18)9(5-11(10)16)13(17)7-2-1-3-8(15)4-7/h1-6,13H. The maximum atomic E-state index is 13.9. The van der Waals surface area contributed by atoms with Crippen LogP contribution in [0.3, 0.4) is 0 Å². The van der Waals surface area contributed by atoms with Gasteiger partial charge in [-0.1, -0.05) is 35.3 Å². The molecule has 0 amide bonds. The second kappa shape index (κ2) is 5.79. The van der Waals surface area contributed by atoms with Gasteiger partial charge in [-0.05, 0) is 45.8 Å². The first-order chi connectivity index (χ1) is 8.49. The van der Waals surface area contributed by atoms with Crippen molar-refractivity contribution in [3.63, 3.8) is 0 Å². The van der Waals surface area contributed by atoms with Crippen molar-refractivity contribution in [1.82, 2.24) is 0 Å². The summed E-state index contributed by atoms with van der Waals surface area (Å²) in [4.78, 5) is 0. The van der Waals surface area contributed by atoms with Crippen molar-refractivity contribution >= 4 is 50.7 Å². The van der Waals surface area contributed by atoms with Crippen LogP contribution in [0.1, 0.15) is 16.5 Å². The Hall–Kier alpha value is -0.280. The summed E-state index contributed by atoms with van der Waals surface area (Å²) in [6, 6.07) is 9.82. The molecule has 0 saturated carbocycles. The van der Waals surface area contributed by atoms with E-state index in [4.69, 9.17) is 34.8 Å². The van der Waals surface area contributed by atoms with Crippen molar-refractivity contribution in [3.05, 3.63) is 67.9 Å². The van der Waals surface area contributed by atoms with E-state index in [9.17, 15) is 4.39 Å². The maximum absolute atomic E-state index is 13.9. The van der Waals surface area contributed by atoms with Crippen molar-refractivity contribution in [2.24, 2.45) is 0 Å². The normalized spacial score (nSPS) is 12.5. The molecular weight excluding hydrogens is 361 g/mol. The highest BCUT2D eigenvalue weighted by Gasteiger charge is 2.17. The summed E-state index contributed by atoms with van der Waals surface area (Å²) in [6.45, 7) is 0. The van der Waals surface area contributed by atoms with Gasteiger partial charge in [-0.2, -0.15) is 0 Å². The zero-order chi connectivity index (χ0) is 13.3. The molecule has 0 saturated heterocycles. The van der Waals surface area contributed by atoms with E-state index in [2.05, 4.69) is 15.9 Å². The summed E-state index contributed by atoms with van der Waals surface area (Å²) >= 11 is 21.3. The Morgan fingerprint density at radius 3 is 2.50 bits per heavy atom. The number of hydrogen-bond acceptors (Lipinski definition) is 0. The molecule has 5 heteroatoms. The number of benzene rings is 2. The fraction of sp³-hybridized carbons (Fsp3) is 0.0769. The molecule has 0 aromatic heterocycles. The molecular formula is C13H7BrCl3F. The molecule has 0 nitrogen and oxygen atoms in total. The Morgan fingerprint density at radius 2 is 1.83 bits per heavy atom. The molecule has 0 radical (unpaired) electrons. The van der Waals surface area contributed by atoms with Gasteiger partial charge in [0.2, 0.25) is 0 Å². The predicted molar refractivity (Wildman–Crippen MR) is 78.3 cm³/mol. The largest absolute Gasteiger partial charge is 0.207 e. The summed E-state index contributed by atoms with van der Waals surface area (Å²) in [5, 5.41) is 0.343. The van der Waals surface area contributed by atoms with Gasteiger partial charge in [0.05, 0.1) is 10.4 Å². The number of halogens is 5. The van der Waals surface area contributed by atoms with Crippen LogP contribution in [0.4, 0.5) is 4.39 Å². The van der Waals surface area contributed by atoms with E-state index in [1.165, 1.54) is 12.1 Å². The molecule has 0 aliphatic carbocycles. The lowest BCUT2D eigenvalue weighted by atomic mass is 10.0. The SMILES string of the molecule is Fc1cc(Br)c(Cl)cc1C(Cl)c1cccc(Cl)c1. The summed E-state index contributed by atoms with van der Waals surface area (Å²) in [7, 11) is 0. The fourth-order valence-corrected chi connectivity index (χ4v) is 2.57. The van der Waals surface area contributed by atoms with E-state index < -0.39 is 11.2 Å². The average molecular weight is 368 g/mol. The minimum Gasteiger partial charge on any atom is -0.207 e. The molecule has 0 heterocycles. The summed E-state index contributed by atoms with van der Waals surface area (Å²) in [5.41, 5.74) is 1.05. The molecule has 0 aliphatic heterocycles. The lowest BCUT2D eigenvalue weighted by Crippen LogP contribution is -1.97. The third-order valence-corrected chi connectivity index (χ3v) is 4.37. The van der Waals surface area contributed by atoms with Gasteiger partial charge < -0.3 is 0 Å². The van der Waals surface area contributed by atoms with Crippen LogP contribution in [0.2, 0.25) is 10.0 Å². The van der Waals surface area contributed by atoms with Crippen molar-refractivity contribution in [3.8, 4) is 0 Å². The van der Waals surface area contributed by atoms with Crippen molar-refractivity contribution in [2.45, 2.75) is 5.38 Å². The molecule has 94 valence electrons. The highest BCUT2D eigenvalue weighted by atomic mass is 79.9. The Morgan fingerprint density at radius 1 is 1.11 bits per heavy atom. The first-order valence-electron chi connectivity index (χ1n) is 5.03. The zero-order valence-corrected chi connectivity index (χ0v) is 12.8. The van der Waals surface area contributed by atoms with Crippen molar-refractivity contribution in [1.29, 1.82) is 0 Å². The molecule has 0 bridgehead atoms. The summed E-state index contributed by atoms with van der Waals surface area (Å²) in [5.74, 6) is -0.411. The monoisotopic (exact) mass is 366 g/mol. The number of rotatable bonds is 2. The van der Waals surface area contributed by atoms with E-state index in [0.717, 1.165) is 5.56 Å². The molecule has 1 unspecified atom stereocenters. The minimum absolute atomic E-state index is 0.326. The lowest BCUT2D eigenvalue weighted by molar-refractivity contribution is 0.611. The van der Waals surface area contributed by atoms with E-state index >= 15 is 0 Å². The number of alkyl halides is 1. The molecule has 0 spiro atoms. The van der Waals surface area contributed by atoms with Gasteiger partial charge in [0.15, 0.2) is 0 Å². The lowest BCUT2D eigenvalue weighted by Gasteiger charge is -2.13. The van der Waals surface area contributed by atoms with Crippen LogP contribution in [0.15, 0.2) is 40.9 Å². The van der Waals surface area contributed by atoms with Crippen LogP contribution in [0, 0.1) is 5.82 Å². The van der Waals surface area contributed by atoms with Crippen LogP contribution >= 0.6 is 50.7 Å². The van der Waals surface area contributed by atoms with Gasteiger partial charge in [0, 0.05) is 15.1 Å². The molecule has 2 aromatic carbocycles. The average Bonchev–Trinajstić information content (AvgIpc) is 2.33. The fourth-order valence-electron chi connectivity index (χ4n) is 1.58. The van der Waals surface area contributed by atoms with Gasteiger partial charge >= 0.3 is 0 Å². The summed E-state index contributed by atoms with van der Waals surface area (Å²) in [6.07, 6.45) is 0. The highest BCUT2D eigenvalue weighted by Crippen LogP contribution is 2.35. The van der Waals surface area contributed by atoms with Gasteiger partial charge in [0.25, 0.3) is 0 Å². The quantitative estimate of drug-likeness (QED) is 0.436. The molecule has 2 aromatic rings. The van der Waals surface area contributed by atoms with Gasteiger partial charge in [-0.25, -0.2) is 4.39 Å². The Bertz CT molecular complexity index is 586. The second-order valence-corrected chi connectivity index (χ2v) is 5.84. The molecule has 0 N–H and O–H groups in total. The molecule has 1 atom stereocenters.